The number of ether oxygens (including phenoxy) is 2. The van der Waals surface area contributed by atoms with Crippen molar-refractivity contribution >= 4 is 10.9 Å². The van der Waals surface area contributed by atoms with Crippen LogP contribution in [0.5, 0.6) is 11.5 Å². The third-order valence-corrected chi connectivity index (χ3v) is 5.65. The van der Waals surface area contributed by atoms with Gasteiger partial charge in [-0.15, -0.1) is 0 Å². The maximum Gasteiger partial charge on any atom is 0.161 e. The van der Waals surface area contributed by atoms with Gasteiger partial charge < -0.3 is 14.5 Å². The second-order valence-electron chi connectivity index (χ2n) is 7.69. The zero-order valence-corrected chi connectivity index (χ0v) is 16.6. The molecule has 4 rings (SSSR count). The molecule has 1 N–H and O–H groups in total. The van der Waals surface area contributed by atoms with Crippen molar-refractivity contribution in [3.63, 3.8) is 0 Å². The summed E-state index contributed by atoms with van der Waals surface area (Å²) in [5.41, 5.74) is 6.88. The van der Waals surface area contributed by atoms with Crippen LogP contribution in [0.3, 0.4) is 0 Å². The van der Waals surface area contributed by atoms with E-state index in [0.717, 1.165) is 30.9 Å². The second kappa shape index (κ2) is 7.67. The highest BCUT2D eigenvalue weighted by atomic mass is 16.5. The number of methoxy groups -OCH3 is 1. The van der Waals surface area contributed by atoms with Gasteiger partial charge in [0.05, 0.1) is 13.7 Å². The first-order valence-electron chi connectivity index (χ1n) is 10.1. The number of hydrogen-bond donors (Lipinski definition) is 1. The molecule has 1 heterocycles. The second-order valence-corrected chi connectivity index (χ2v) is 7.69. The molecule has 27 heavy (non-hydrogen) atoms. The number of fused-ring (bicyclic) bond motifs is 3. The number of aromatic amines is 1. The van der Waals surface area contributed by atoms with Crippen LogP contribution in [0.15, 0.2) is 36.4 Å². The van der Waals surface area contributed by atoms with Gasteiger partial charge in [0.1, 0.15) is 0 Å². The molecule has 0 amide bonds. The molecule has 1 aromatic heterocycles. The molecule has 3 nitrogen and oxygen atoms in total. The van der Waals surface area contributed by atoms with Crippen LogP contribution in [-0.4, -0.2) is 18.7 Å². The molecule has 0 saturated carbocycles. The molecule has 1 unspecified atom stereocenters. The van der Waals surface area contributed by atoms with E-state index < -0.39 is 0 Å². The lowest BCUT2D eigenvalue weighted by Crippen LogP contribution is -2.12. The maximum absolute atomic E-state index is 5.80. The lowest BCUT2D eigenvalue weighted by molar-refractivity contribution is 0.294. The molecule has 0 fully saturated rings. The van der Waals surface area contributed by atoms with Crippen LogP contribution >= 0.6 is 0 Å². The van der Waals surface area contributed by atoms with Crippen LogP contribution in [0, 0.1) is 6.92 Å². The van der Waals surface area contributed by atoms with Crippen LogP contribution < -0.4 is 9.47 Å². The van der Waals surface area contributed by atoms with Crippen molar-refractivity contribution in [3.8, 4) is 11.5 Å². The highest BCUT2D eigenvalue weighted by Crippen LogP contribution is 2.39. The van der Waals surface area contributed by atoms with Crippen molar-refractivity contribution in [3.05, 3.63) is 58.8 Å². The Bertz CT molecular complexity index is 941. The van der Waals surface area contributed by atoms with E-state index in [4.69, 9.17) is 9.47 Å². The molecule has 0 spiro atoms. The van der Waals surface area contributed by atoms with Gasteiger partial charge in [-0.1, -0.05) is 24.6 Å². The van der Waals surface area contributed by atoms with Crippen LogP contribution in [0.25, 0.3) is 10.9 Å². The average Bonchev–Trinajstić information content (AvgIpc) is 3.06. The molecule has 1 aliphatic rings. The van der Waals surface area contributed by atoms with E-state index in [2.05, 4.69) is 55.2 Å². The Kier molecular flexibility index (Phi) is 5.11. The van der Waals surface area contributed by atoms with Gasteiger partial charge in [0.25, 0.3) is 0 Å². The Morgan fingerprint density at radius 1 is 1.11 bits per heavy atom. The molecular formula is C24H29NO2. The summed E-state index contributed by atoms with van der Waals surface area (Å²) < 4.78 is 11.4. The van der Waals surface area contributed by atoms with Crippen molar-refractivity contribution in [2.24, 2.45) is 0 Å². The molecule has 0 radical (unpaired) electrons. The molecule has 0 saturated heterocycles. The van der Waals surface area contributed by atoms with E-state index in [0.29, 0.717) is 5.92 Å². The zero-order chi connectivity index (χ0) is 18.8. The topological polar surface area (TPSA) is 34.2 Å². The van der Waals surface area contributed by atoms with Gasteiger partial charge >= 0.3 is 0 Å². The van der Waals surface area contributed by atoms with Crippen molar-refractivity contribution in [1.29, 1.82) is 0 Å². The SMILES string of the molecule is CCCOc1ccc(CC2CCCc3c2[nH]c2ccc(C)cc32)cc1OC. The zero-order valence-electron chi connectivity index (χ0n) is 16.6. The summed E-state index contributed by atoms with van der Waals surface area (Å²) in [6, 6.07) is 13.1. The first kappa shape index (κ1) is 18.0. The molecule has 3 heteroatoms. The van der Waals surface area contributed by atoms with Crippen molar-refractivity contribution < 1.29 is 9.47 Å². The smallest absolute Gasteiger partial charge is 0.161 e. The summed E-state index contributed by atoms with van der Waals surface area (Å²) in [5.74, 6) is 2.21. The molecule has 0 aliphatic heterocycles. The minimum absolute atomic E-state index is 0.536. The summed E-state index contributed by atoms with van der Waals surface area (Å²) >= 11 is 0. The van der Waals surface area contributed by atoms with Crippen molar-refractivity contribution in [2.75, 3.05) is 13.7 Å². The lowest BCUT2D eigenvalue weighted by Gasteiger charge is -2.23. The molecular weight excluding hydrogens is 334 g/mol. The van der Waals surface area contributed by atoms with Crippen LogP contribution in [0.4, 0.5) is 0 Å². The third kappa shape index (κ3) is 3.55. The number of aryl methyl sites for hydroxylation is 2. The Morgan fingerprint density at radius 3 is 2.81 bits per heavy atom. The van der Waals surface area contributed by atoms with Crippen LogP contribution in [-0.2, 0) is 12.8 Å². The van der Waals surface area contributed by atoms with Crippen LogP contribution in [0.1, 0.15) is 54.5 Å². The molecule has 2 aromatic carbocycles. The largest absolute Gasteiger partial charge is 0.493 e. The molecule has 142 valence electrons. The van der Waals surface area contributed by atoms with Gasteiger partial charge in [-0.05, 0) is 74.4 Å². The number of rotatable bonds is 6. The number of aromatic nitrogens is 1. The fraction of sp³-hybridized carbons (Fsp3) is 0.417. The maximum atomic E-state index is 5.80. The number of nitrogens with one attached hydrogen (secondary N) is 1. The summed E-state index contributed by atoms with van der Waals surface area (Å²) in [5, 5.41) is 1.41. The van der Waals surface area contributed by atoms with Gasteiger partial charge in [0.15, 0.2) is 11.5 Å². The minimum atomic E-state index is 0.536. The normalized spacial score (nSPS) is 16.3. The minimum Gasteiger partial charge on any atom is -0.493 e. The van der Waals surface area contributed by atoms with Gasteiger partial charge in [-0.2, -0.15) is 0 Å². The first-order valence-corrected chi connectivity index (χ1v) is 10.1. The fourth-order valence-corrected chi connectivity index (χ4v) is 4.33. The molecule has 0 bridgehead atoms. The summed E-state index contributed by atoms with van der Waals surface area (Å²) in [6.45, 7) is 5.01. The van der Waals surface area contributed by atoms with Gasteiger partial charge in [0, 0.05) is 22.5 Å². The fourth-order valence-electron chi connectivity index (χ4n) is 4.33. The highest BCUT2D eigenvalue weighted by molar-refractivity contribution is 5.85. The van der Waals surface area contributed by atoms with E-state index in [1.54, 1.807) is 7.11 Å². The van der Waals surface area contributed by atoms with Crippen molar-refractivity contribution in [2.45, 2.75) is 51.9 Å². The van der Waals surface area contributed by atoms with Gasteiger partial charge in [-0.3, -0.25) is 0 Å². The van der Waals surface area contributed by atoms with E-state index in [1.807, 2.05) is 0 Å². The number of H-pyrrole nitrogens is 1. The monoisotopic (exact) mass is 363 g/mol. The van der Waals surface area contributed by atoms with E-state index in [9.17, 15) is 0 Å². The Morgan fingerprint density at radius 2 is 2.00 bits per heavy atom. The molecule has 1 aliphatic carbocycles. The van der Waals surface area contributed by atoms with Gasteiger partial charge in [0.2, 0.25) is 0 Å². The third-order valence-electron chi connectivity index (χ3n) is 5.65. The van der Waals surface area contributed by atoms with E-state index in [1.165, 1.54) is 52.5 Å². The van der Waals surface area contributed by atoms with Crippen LogP contribution in [0.2, 0.25) is 0 Å². The Hall–Kier alpha value is -2.42. The first-order chi connectivity index (χ1) is 13.2. The van der Waals surface area contributed by atoms with Gasteiger partial charge in [-0.25, -0.2) is 0 Å². The summed E-state index contributed by atoms with van der Waals surface area (Å²) in [4.78, 5) is 3.73. The summed E-state index contributed by atoms with van der Waals surface area (Å²) in [7, 11) is 1.72. The van der Waals surface area contributed by atoms with Crippen molar-refractivity contribution in [1.82, 2.24) is 4.98 Å². The quantitative estimate of drug-likeness (QED) is 0.588. The summed E-state index contributed by atoms with van der Waals surface area (Å²) in [6.07, 6.45) is 5.70. The Balaban J connectivity index is 1.62. The molecule has 1 atom stereocenters. The molecule has 3 aromatic rings. The standard InChI is InChI=1S/C24H29NO2/c1-4-12-27-22-11-9-17(15-23(22)26-3)14-18-6-5-7-19-20-13-16(2)8-10-21(20)25-24(18)19/h8-11,13,15,18,25H,4-7,12,14H2,1-3H3. The van der Waals surface area contributed by atoms with E-state index >= 15 is 0 Å². The average molecular weight is 364 g/mol. The predicted molar refractivity (Wildman–Crippen MR) is 111 cm³/mol. The lowest BCUT2D eigenvalue weighted by atomic mass is 9.83. The number of hydrogen-bond acceptors (Lipinski definition) is 2. The predicted octanol–water partition coefficient (Wildman–Crippen LogP) is 5.94. The Labute approximate surface area is 161 Å². The highest BCUT2D eigenvalue weighted by Gasteiger charge is 2.24. The van der Waals surface area contributed by atoms with E-state index in [-0.39, 0.29) is 0 Å². The number of benzene rings is 2.